The number of hydrogen-bond donors (Lipinski definition) is 4. The molecule has 0 fully saturated rings. The quantitative estimate of drug-likeness (QED) is 0.442. The van der Waals surface area contributed by atoms with Crippen molar-refractivity contribution in [1.82, 2.24) is 9.38 Å². The standard InChI is InChI=1S/C14H22N2O2.C4H6O6/c1-6-16(5,14(17)18)13-9-7-8-12(10-13)11(2)15(3)4;5-1(3(7)8)2(6)4(9)10/h7-11H,6H2,1-5H3;1-2,5-6H,(H,7,8)(H,9,10). The third kappa shape index (κ3) is 6.57. The van der Waals surface area contributed by atoms with Crippen LogP contribution < -0.4 is 9.59 Å². The van der Waals surface area contributed by atoms with Crippen LogP contribution in [0.25, 0.3) is 0 Å². The van der Waals surface area contributed by atoms with E-state index in [4.69, 9.17) is 20.4 Å². The van der Waals surface area contributed by atoms with E-state index in [-0.39, 0.29) is 10.5 Å². The van der Waals surface area contributed by atoms with Gasteiger partial charge in [-0.3, -0.25) is 0 Å². The highest BCUT2D eigenvalue weighted by atomic mass is 16.4. The molecule has 1 amide bonds. The maximum absolute atomic E-state index is 11.3. The molecule has 10 nitrogen and oxygen atoms in total. The molecule has 10 heteroatoms. The van der Waals surface area contributed by atoms with Gasteiger partial charge in [0.15, 0.2) is 12.2 Å². The SMILES string of the molecule is CC[N+](C)(C(=O)[O-])c1cccc(C(C)N(C)C)c1.O=C(O)C(O)C(O)C(=O)O. The van der Waals surface area contributed by atoms with Gasteiger partial charge in [0.25, 0.3) is 6.09 Å². The average Bonchev–Trinajstić information content (AvgIpc) is 2.65. The summed E-state index contributed by atoms with van der Waals surface area (Å²) in [6.45, 7) is 4.40. The van der Waals surface area contributed by atoms with Gasteiger partial charge >= 0.3 is 11.9 Å². The maximum atomic E-state index is 11.3. The van der Waals surface area contributed by atoms with Gasteiger partial charge in [0.2, 0.25) is 0 Å². The smallest absolute Gasteiger partial charge is 0.335 e. The number of aliphatic carboxylic acids is 2. The largest absolute Gasteiger partial charge is 0.498 e. The Hall–Kier alpha value is -2.53. The van der Waals surface area contributed by atoms with E-state index in [1.54, 1.807) is 7.05 Å². The molecule has 4 N–H and O–H groups in total. The van der Waals surface area contributed by atoms with Gasteiger partial charge in [-0.15, -0.1) is 0 Å². The summed E-state index contributed by atoms with van der Waals surface area (Å²) in [5.74, 6) is -3.54. The number of aliphatic hydroxyl groups is 2. The van der Waals surface area contributed by atoms with Crippen molar-refractivity contribution in [3.8, 4) is 0 Å². The van der Waals surface area contributed by atoms with Crippen molar-refractivity contribution in [2.24, 2.45) is 0 Å². The van der Waals surface area contributed by atoms with Crippen LogP contribution in [0.4, 0.5) is 10.5 Å². The van der Waals surface area contributed by atoms with Gasteiger partial charge < -0.3 is 35.2 Å². The van der Waals surface area contributed by atoms with Crippen molar-refractivity contribution in [1.29, 1.82) is 0 Å². The van der Waals surface area contributed by atoms with E-state index < -0.39 is 30.2 Å². The highest BCUT2D eigenvalue weighted by molar-refractivity contribution is 5.83. The minimum Gasteiger partial charge on any atom is -0.498 e. The Balaban J connectivity index is 0.000000621. The Labute approximate surface area is 163 Å². The number of hydrogen-bond acceptors (Lipinski definition) is 7. The molecule has 1 aromatic rings. The van der Waals surface area contributed by atoms with Crippen molar-refractivity contribution < 1.29 is 39.9 Å². The summed E-state index contributed by atoms with van der Waals surface area (Å²) in [5, 5.41) is 43.8. The second-order valence-corrected chi connectivity index (χ2v) is 6.57. The molecule has 28 heavy (non-hydrogen) atoms. The number of amides is 1. The number of benzene rings is 1. The van der Waals surface area contributed by atoms with Crippen LogP contribution in [-0.2, 0) is 9.59 Å². The molecule has 0 saturated carbocycles. The van der Waals surface area contributed by atoms with Crippen molar-refractivity contribution in [3.05, 3.63) is 29.8 Å². The first-order chi connectivity index (χ1) is 12.8. The fraction of sp³-hybridized carbons (Fsp3) is 0.500. The molecule has 0 radical (unpaired) electrons. The Bertz CT molecular complexity index is 676. The lowest BCUT2D eigenvalue weighted by atomic mass is 10.1. The number of carboxylic acid groups (broad SMARTS) is 3. The van der Waals surface area contributed by atoms with E-state index in [1.165, 1.54) is 0 Å². The third-order valence-corrected chi connectivity index (χ3v) is 4.54. The number of carbonyl (C=O) groups is 3. The molecule has 0 saturated heterocycles. The van der Waals surface area contributed by atoms with E-state index in [0.29, 0.717) is 6.54 Å². The Kier molecular flexibility index (Phi) is 9.75. The number of quaternary nitrogens is 1. The summed E-state index contributed by atoms with van der Waals surface area (Å²) in [5.41, 5.74) is 1.86. The minimum absolute atomic E-state index is 0.200. The molecule has 0 aliphatic heterocycles. The monoisotopic (exact) mass is 400 g/mol. The highest BCUT2D eigenvalue weighted by Gasteiger charge is 2.29. The number of nitrogens with zero attached hydrogens (tertiary/aromatic N) is 2. The minimum atomic E-state index is -2.27. The number of rotatable bonds is 7. The van der Waals surface area contributed by atoms with Crippen molar-refractivity contribution in [3.63, 3.8) is 0 Å². The van der Waals surface area contributed by atoms with Crippen LogP contribution in [-0.4, -0.2) is 83.3 Å². The molecule has 0 aliphatic rings. The molecule has 0 aromatic heterocycles. The normalized spacial score (nSPS) is 16.1. The Morgan fingerprint density at radius 3 is 1.89 bits per heavy atom. The molecule has 0 heterocycles. The van der Waals surface area contributed by atoms with Gasteiger partial charge in [-0.1, -0.05) is 12.1 Å². The fourth-order valence-corrected chi connectivity index (χ4v) is 2.08. The van der Waals surface area contributed by atoms with E-state index in [1.807, 2.05) is 45.3 Å². The molecule has 4 atom stereocenters. The zero-order valence-corrected chi connectivity index (χ0v) is 16.6. The predicted molar refractivity (Wildman–Crippen MR) is 99.5 cm³/mol. The van der Waals surface area contributed by atoms with Crippen molar-refractivity contribution >= 4 is 23.7 Å². The summed E-state index contributed by atoms with van der Waals surface area (Å²) < 4.78 is -0.200. The third-order valence-electron chi connectivity index (χ3n) is 4.54. The molecule has 158 valence electrons. The zero-order valence-electron chi connectivity index (χ0n) is 16.6. The van der Waals surface area contributed by atoms with E-state index in [2.05, 4.69) is 11.8 Å². The molecule has 0 spiro atoms. The van der Waals surface area contributed by atoms with Gasteiger partial charge in [0, 0.05) is 12.1 Å². The number of carboxylic acids is 2. The van der Waals surface area contributed by atoms with Gasteiger partial charge in [-0.05, 0) is 39.6 Å². The molecule has 1 rings (SSSR count). The first kappa shape index (κ1) is 25.5. The summed E-state index contributed by atoms with van der Waals surface area (Å²) in [7, 11) is 5.67. The van der Waals surface area contributed by atoms with E-state index >= 15 is 0 Å². The van der Waals surface area contributed by atoms with Gasteiger partial charge in [0.05, 0.1) is 13.6 Å². The molecular formula is C18H28N2O8. The molecule has 0 aliphatic carbocycles. The first-order valence-electron chi connectivity index (χ1n) is 8.45. The van der Waals surface area contributed by atoms with E-state index in [0.717, 1.165) is 11.3 Å². The van der Waals surface area contributed by atoms with Gasteiger partial charge in [0.1, 0.15) is 5.69 Å². The second kappa shape index (κ2) is 10.7. The summed E-state index contributed by atoms with van der Waals surface area (Å²) in [4.78, 5) is 33.0. The average molecular weight is 400 g/mol. The lowest BCUT2D eigenvalue weighted by molar-refractivity contribution is -0.262. The van der Waals surface area contributed by atoms with Gasteiger partial charge in [-0.25, -0.2) is 14.1 Å². The Morgan fingerprint density at radius 2 is 1.57 bits per heavy atom. The van der Waals surface area contributed by atoms with Crippen LogP contribution >= 0.6 is 0 Å². The van der Waals surface area contributed by atoms with E-state index in [9.17, 15) is 19.5 Å². The first-order valence-corrected chi connectivity index (χ1v) is 8.45. The molecule has 0 bridgehead atoms. The van der Waals surface area contributed by atoms with Crippen LogP contribution in [0.2, 0.25) is 0 Å². The molecular weight excluding hydrogens is 372 g/mol. The second-order valence-electron chi connectivity index (χ2n) is 6.57. The van der Waals surface area contributed by atoms with Crippen LogP contribution in [0.3, 0.4) is 0 Å². The van der Waals surface area contributed by atoms with Crippen LogP contribution in [0.15, 0.2) is 24.3 Å². The highest BCUT2D eigenvalue weighted by Crippen LogP contribution is 2.26. The fourth-order valence-electron chi connectivity index (χ4n) is 2.08. The van der Waals surface area contributed by atoms with Crippen LogP contribution in [0.5, 0.6) is 0 Å². The van der Waals surface area contributed by atoms with Crippen LogP contribution in [0.1, 0.15) is 25.5 Å². The number of aliphatic hydroxyl groups excluding tert-OH is 2. The summed E-state index contributed by atoms with van der Waals surface area (Å²) in [6.07, 6.45) is -5.61. The summed E-state index contributed by atoms with van der Waals surface area (Å²) >= 11 is 0. The Morgan fingerprint density at radius 1 is 1.11 bits per heavy atom. The number of carbonyl (C=O) groups excluding carboxylic acids is 1. The van der Waals surface area contributed by atoms with Crippen molar-refractivity contribution in [2.75, 3.05) is 27.7 Å². The lowest BCUT2D eigenvalue weighted by Gasteiger charge is -2.32. The molecule has 4 unspecified atom stereocenters. The predicted octanol–water partition coefficient (Wildman–Crippen LogP) is -0.513. The molecule has 1 aromatic carbocycles. The topological polar surface area (TPSA) is 158 Å². The zero-order chi connectivity index (χ0) is 22.2. The van der Waals surface area contributed by atoms with Crippen LogP contribution in [0, 0.1) is 0 Å². The van der Waals surface area contributed by atoms with Crippen molar-refractivity contribution in [2.45, 2.75) is 32.1 Å². The lowest BCUT2D eigenvalue weighted by Crippen LogP contribution is -2.57. The maximum Gasteiger partial charge on any atom is 0.335 e. The summed E-state index contributed by atoms with van der Waals surface area (Å²) in [6, 6.07) is 7.95. The van der Waals surface area contributed by atoms with Gasteiger partial charge in [-0.2, -0.15) is 0 Å².